The molecule has 0 saturated heterocycles. The van der Waals surface area contributed by atoms with Gasteiger partial charge in [-0.1, -0.05) is 38.9 Å². The van der Waals surface area contributed by atoms with E-state index in [0.29, 0.717) is 6.04 Å². The lowest BCUT2D eigenvalue weighted by molar-refractivity contribution is 0.379. The second-order valence-corrected chi connectivity index (χ2v) is 12.8. The van der Waals surface area contributed by atoms with Gasteiger partial charge in [-0.3, -0.25) is 0 Å². The number of rotatable bonds is 8. The monoisotopic (exact) mass is 473 g/mol. The Kier molecular flexibility index (Phi) is 7.72. The van der Waals surface area contributed by atoms with Gasteiger partial charge in [0.05, 0.1) is 24.9 Å². The Morgan fingerprint density at radius 2 is 0.871 bits per heavy atom. The molecule has 2 rings (SSSR count). The summed E-state index contributed by atoms with van der Waals surface area (Å²) < 4.78 is 126. The number of hydrogen-bond donors (Lipinski definition) is 1. The molecule has 31 heavy (non-hydrogen) atoms. The molecule has 0 unspecified atom stereocenters. The fraction of sp³-hybridized carbons (Fsp3) is 0.400. The minimum absolute atomic E-state index is 0.106. The summed E-state index contributed by atoms with van der Waals surface area (Å²) in [7, 11) is -1.83. The van der Waals surface area contributed by atoms with Crippen molar-refractivity contribution in [1.29, 1.82) is 0 Å². The van der Waals surface area contributed by atoms with Gasteiger partial charge in [0, 0.05) is 6.54 Å². The van der Waals surface area contributed by atoms with Crippen molar-refractivity contribution >= 4 is 13.8 Å². The SMILES string of the molecule is CC[Si](CC)(CC)CCNc1c(F)c(F)c(F)c(F)c1-c1c(F)c(F)c(F)c(F)c1F. The van der Waals surface area contributed by atoms with Crippen LogP contribution in [0.4, 0.5) is 45.2 Å². The summed E-state index contributed by atoms with van der Waals surface area (Å²) in [5.41, 5.74) is -4.72. The summed E-state index contributed by atoms with van der Waals surface area (Å²) in [6.07, 6.45) is 0. The number of halogens is 9. The third-order valence-corrected chi connectivity index (χ3v) is 11.7. The normalized spacial score (nSPS) is 11.9. The summed E-state index contributed by atoms with van der Waals surface area (Å²) in [5.74, 6) is -21.4. The predicted molar refractivity (Wildman–Crippen MR) is 102 cm³/mol. The molecule has 0 spiro atoms. The molecule has 0 aliphatic heterocycles. The van der Waals surface area contributed by atoms with Crippen LogP contribution in [0, 0.1) is 52.4 Å². The molecule has 0 bridgehead atoms. The van der Waals surface area contributed by atoms with Crippen molar-refractivity contribution in [3.8, 4) is 11.1 Å². The smallest absolute Gasteiger partial charge is 0.200 e. The summed E-state index contributed by atoms with van der Waals surface area (Å²) in [6, 6.07) is 2.97. The summed E-state index contributed by atoms with van der Waals surface area (Å²) in [6.45, 7) is 5.76. The van der Waals surface area contributed by atoms with E-state index in [9.17, 15) is 39.5 Å². The molecule has 0 aliphatic carbocycles. The van der Waals surface area contributed by atoms with E-state index in [1.54, 1.807) is 0 Å². The Morgan fingerprint density at radius 3 is 1.29 bits per heavy atom. The zero-order chi connectivity index (χ0) is 23.7. The van der Waals surface area contributed by atoms with E-state index in [4.69, 9.17) is 0 Å². The molecule has 0 aliphatic rings. The zero-order valence-corrected chi connectivity index (χ0v) is 17.9. The Balaban J connectivity index is 2.71. The van der Waals surface area contributed by atoms with Crippen molar-refractivity contribution in [2.45, 2.75) is 44.9 Å². The van der Waals surface area contributed by atoms with Gasteiger partial charge in [0.25, 0.3) is 0 Å². The Hall–Kier alpha value is -2.17. The van der Waals surface area contributed by atoms with Crippen LogP contribution in [0.5, 0.6) is 0 Å². The number of benzene rings is 2. The third kappa shape index (κ3) is 4.28. The molecule has 0 aromatic heterocycles. The molecule has 0 atom stereocenters. The van der Waals surface area contributed by atoms with E-state index in [0.717, 1.165) is 18.1 Å². The van der Waals surface area contributed by atoms with Gasteiger partial charge in [-0.15, -0.1) is 0 Å². The van der Waals surface area contributed by atoms with E-state index in [1.807, 2.05) is 20.8 Å². The average Bonchev–Trinajstić information content (AvgIpc) is 2.77. The van der Waals surface area contributed by atoms with Crippen molar-refractivity contribution in [1.82, 2.24) is 0 Å². The fourth-order valence-electron chi connectivity index (χ4n) is 3.59. The number of nitrogens with one attached hydrogen (secondary N) is 1. The number of anilines is 1. The van der Waals surface area contributed by atoms with Crippen LogP contribution < -0.4 is 5.32 Å². The largest absolute Gasteiger partial charge is 0.382 e. The molecule has 1 nitrogen and oxygen atoms in total. The van der Waals surface area contributed by atoms with Crippen molar-refractivity contribution in [3.63, 3.8) is 0 Å². The highest BCUT2D eigenvalue weighted by molar-refractivity contribution is 6.79. The van der Waals surface area contributed by atoms with Crippen LogP contribution >= 0.6 is 0 Å². The minimum atomic E-state index is -2.53. The highest BCUT2D eigenvalue weighted by Gasteiger charge is 2.34. The van der Waals surface area contributed by atoms with Gasteiger partial charge >= 0.3 is 0 Å². The molecule has 0 amide bonds. The van der Waals surface area contributed by atoms with Crippen LogP contribution in [0.1, 0.15) is 20.8 Å². The fourth-order valence-corrected chi connectivity index (χ4v) is 6.81. The van der Waals surface area contributed by atoms with Crippen LogP contribution in [0.15, 0.2) is 0 Å². The first-order valence-electron chi connectivity index (χ1n) is 9.59. The molecule has 2 aromatic rings. The van der Waals surface area contributed by atoms with Crippen LogP contribution in [0.2, 0.25) is 24.2 Å². The first-order chi connectivity index (χ1) is 14.5. The van der Waals surface area contributed by atoms with Crippen LogP contribution in [0.25, 0.3) is 11.1 Å². The average molecular weight is 473 g/mol. The Labute approximate surface area is 174 Å². The molecular weight excluding hydrogens is 453 g/mol. The summed E-state index contributed by atoms with van der Waals surface area (Å²) in [5, 5.41) is 2.30. The van der Waals surface area contributed by atoms with E-state index in [-0.39, 0.29) is 6.54 Å². The molecular formula is C20H20F9NSi. The van der Waals surface area contributed by atoms with Crippen molar-refractivity contribution < 1.29 is 39.5 Å². The van der Waals surface area contributed by atoms with E-state index in [2.05, 4.69) is 5.32 Å². The highest BCUT2D eigenvalue weighted by atomic mass is 28.3. The Bertz CT molecular complexity index is 953. The maximum atomic E-state index is 14.5. The van der Waals surface area contributed by atoms with E-state index in [1.165, 1.54) is 0 Å². The third-order valence-electron chi connectivity index (χ3n) is 5.93. The van der Waals surface area contributed by atoms with Crippen LogP contribution in [-0.4, -0.2) is 14.6 Å². The summed E-state index contributed by atoms with van der Waals surface area (Å²) >= 11 is 0. The first kappa shape index (κ1) is 25.1. The van der Waals surface area contributed by atoms with Gasteiger partial charge in [-0.25, -0.2) is 39.5 Å². The zero-order valence-electron chi connectivity index (χ0n) is 16.9. The van der Waals surface area contributed by atoms with E-state index >= 15 is 0 Å². The van der Waals surface area contributed by atoms with Crippen LogP contribution in [0.3, 0.4) is 0 Å². The molecule has 172 valence electrons. The quantitative estimate of drug-likeness (QED) is 0.181. The standard InChI is InChI=1S/C20H20F9NSi/c1-4-31(5-2,6-3)8-7-30-20-10(13(23)16(26)18(28)19(20)29)9-11(21)14(24)17(27)15(25)12(9)22/h30H,4-8H2,1-3H3. The molecule has 2 aromatic carbocycles. The van der Waals surface area contributed by atoms with Gasteiger partial charge in [0.15, 0.2) is 46.5 Å². The lowest BCUT2D eigenvalue weighted by Crippen LogP contribution is -2.33. The molecule has 0 radical (unpaired) electrons. The second-order valence-electron chi connectivity index (χ2n) is 7.19. The van der Waals surface area contributed by atoms with Gasteiger partial charge in [0.2, 0.25) is 5.82 Å². The Morgan fingerprint density at radius 1 is 0.516 bits per heavy atom. The second kappa shape index (κ2) is 9.54. The number of hydrogen-bond acceptors (Lipinski definition) is 1. The molecule has 0 fully saturated rings. The highest BCUT2D eigenvalue weighted by Crippen LogP contribution is 2.41. The maximum Gasteiger partial charge on any atom is 0.200 e. The van der Waals surface area contributed by atoms with Crippen molar-refractivity contribution in [2.75, 3.05) is 11.9 Å². The lowest BCUT2D eigenvalue weighted by Gasteiger charge is -2.28. The van der Waals surface area contributed by atoms with Gasteiger partial charge in [-0.2, -0.15) is 0 Å². The van der Waals surface area contributed by atoms with E-state index < -0.39 is 77.2 Å². The van der Waals surface area contributed by atoms with Gasteiger partial charge < -0.3 is 5.32 Å². The van der Waals surface area contributed by atoms with Crippen molar-refractivity contribution in [3.05, 3.63) is 52.4 Å². The maximum absolute atomic E-state index is 14.5. The van der Waals surface area contributed by atoms with Gasteiger partial charge in [0.1, 0.15) is 0 Å². The molecule has 0 heterocycles. The topological polar surface area (TPSA) is 12.0 Å². The molecule has 11 heteroatoms. The van der Waals surface area contributed by atoms with Crippen molar-refractivity contribution in [2.24, 2.45) is 0 Å². The lowest BCUT2D eigenvalue weighted by atomic mass is 9.99. The predicted octanol–water partition coefficient (Wildman–Crippen LogP) is 7.53. The minimum Gasteiger partial charge on any atom is -0.382 e. The van der Waals surface area contributed by atoms with Gasteiger partial charge in [-0.05, 0) is 6.04 Å². The van der Waals surface area contributed by atoms with Crippen LogP contribution in [-0.2, 0) is 0 Å². The first-order valence-corrected chi connectivity index (χ1v) is 12.4. The molecule has 0 saturated carbocycles. The summed E-state index contributed by atoms with van der Waals surface area (Å²) in [4.78, 5) is 0. The molecule has 1 N–H and O–H groups in total.